The molecule has 2 heterocycles. The van der Waals surface area contributed by atoms with Crippen LogP contribution in [0, 0.1) is 0 Å². The van der Waals surface area contributed by atoms with Gasteiger partial charge in [0.05, 0.1) is 6.61 Å². The van der Waals surface area contributed by atoms with Gasteiger partial charge in [0, 0.05) is 18.3 Å². The van der Waals surface area contributed by atoms with E-state index < -0.39 is 41.8 Å². The second-order valence-electron chi connectivity index (χ2n) is 4.99. The predicted octanol–water partition coefficient (Wildman–Crippen LogP) is -1.17. The molecule has 1 fully saturated rings. The maximum atomic E-state index is 11.7. The molecule has 3 N–H and O–H groups in total. The van der Waals surface area contributed by atoms with Crippen LogP contribution in [0.25, 0.3) is 0 Å². The third-order valence-electron chi connectivity index (χ3n) is 3.33. The number of rotatable bonds is 5. The van der Waals surface area contributed by atoms with Crippen molar-refractivity contribution < 1.29 is 24.5 Å². The molecular weight excluding hydrogens is 320 g/mol. The Hall–Kier alpha value is -2.49. The number of allylic oxidation sites excluding steroid dienone is 2. The average Bonchev–Trinajstić information content (AvgIpc) is 2.80. The van der Waals surface area contributed by atoms with Crippen LogP contribution < -0.4 is 11.2 Å². The van der Waals surface area contributed by atoms with E-state index in [1.807, 2.05) is 4.98 Å². The number of esters is 1. The van der Waals surface area contributed by atoms with Crippen molar-refractivity contribution in [2.45, 2.75) is 31.5 Å². The van der Waals surface area contributed by atoms with Crippen LogP contribution in [0.1, 0.15) is 13.2 Å². The number of aliphatic hydroxyl groups is 2. The van der Waals surface area contributed by atoms with Gasteiger partial charge in [-0.1, -0.05) is 18.2 Å². The van der Waals surface area contributed by atoms with Gasteiger partial charge in [0.2, 0.25) is 0 Å². The zero-order valence-corrected chi connectivity index (χ0v) is 12.9. The van der Waals surface area contributed by atoms with Crippen molar-refractivity contribution in [3.05, 3.63) is 57.4 Å². The van der Waals surface area contributed by atoms with Gasteiger partial charge in [0.15, 0.2) is 6.23 Å². The van der Waals surface area contributed by atoms with E-state index in [1.165, 1.54) is 30.5 Å². The van der Waals surface area contributed by atoms with E-state index in [1.54, 1.807) is 6.92 Å². The van der Waals surface area contributed by atoms with Crippen molar-refractivity contribution in [3.63, 3.8) is 0 Å². The molecule has 0 spiro atoms. The Morgan fingerprint density at radius 1 is 1.38 bits per heavy atom. The normalized spacial score (nSPS) is 27.1. The summed E-state index contributed by atoms with van der Waals surface area (Å²) < 4.78 is 11.1. The minimum Gasteiger partial charge on any atom is -0.463 e. The zero-order valence-electron chi connectivity index (χ0n) is 12.9. The Morgan fingerprint density at radius 2 is 2.12 bits per heavy atom. The molecule has 4 unspecified atom stereocenters. The molecule has 130 valence electrons. The summed E-state index contributed by atoms with van der Waals surface area (Å²) in [6.45, 7) is 1.95. The molecule has 1 aromatic rings. The molecule has 0 radical (unpaired) electrons. The number of hydrogen-bond acceptors (Lipinski definition) is 7. The Labute approximate surface area is 136 Å². The first-order chi connectivity index (χ1) is 11.4. The van der Waals surface area contributed by atoms with Gasteiger partial charge in [-0.3, -0.25) is 14.3 Å². The standard InChI is InChI=1S/C15H18N2O7/c1-2-23-11(19)6-4-3-5-9-12(20)13(21)14(24-9)17-8-7-10(18)16-15(17)22/h3-9,12-14,20-21H,2H2,1H3,(H,16,18,22)/b5-3+,6-4-. The number of nitrogens with zero attached hydrogens (tertiary/aromatic N) is 1. The Balaban J connectivity index is 2.08. The monoisotopic (exact) mass is 338 g/mol. The topological polar surface area (TPSA) is 131 Å². The number of nitrogens with one attached hydrogen (secondary N) is 1. The van der Waals surface area contributed by atoms with E-state index in [2.05, 4.69) is 0 Å². The Bertz CT molecular complexity index is 749. The van der Waals surface area contributed by atoms with Gasteiger partial charge < -0.3 is 19.7 Å². The second-order valence-corrected chi connectivity index (χ2v) is 4.99. The highest BCUT2D eigenvalue weighted by atomic mass is 16.6. The molecule has 1 aliphatic heterocycles. The number of ether oxygens (including phenoxy) is 2. The number of H-pyrrole nitrogens is 1. The van der Waals surface area contributed by atoms with Gasteiger partial charge in [0.1, 0.15) is 18.3 Å². The first kappa shape index (κ1) is 17.9. The van der Waals surface area contributed by atoms with Gasteiger partial charge in [0.25, 0.3) is 5.56 Å². The average molecular weight is 338 g/mol. The first-order valence-corrected chi connectivity index (χ1v) is 7.28. The summed E-state index contributed by atoms with van der Waals surface area (Å²) in [7, 11) is 0. The summed E-state index contributed by atoms with van der Waals surface area (Å²) >= 11 is 0. The summed E-state index contributed by atoms with van der Waals surface area (Å²) in [6, 6.07) is 1.11. The number of hydrogen-bond donors (Lipinski definition) is 3. The molecule has 1 aliphatic rings. The van der Waals surface area contributed by atoms with Crippen LogP contribution in [0.15, 0.2) is 46.2 Å². The summed E-state index contributed by atoms with van der Waals surface area (Å²) in [6.07, 6.45) is 1.98. The number of carbonyl (C=O) groups excluding carboxylic acids is 1. The number of aromatic amines is 1. The van der Waals surface area contributed by atoms with Crippen LogP contribution in [0.2, 0.25) is 0 Å². The molecule has 9 heteroatoms. The summed E-state index contributed by atoms with van der Waals surface area (Å²) in [5.74, 6) is -0.507. The highest BCUT2D eigenvalue weighted by Crippen LogP contribution is 2.28. The van der Waals surface area contributed by atoms with E-state index in [9.17, 15) is 24.6 Å². The summed E-state index contributed by atoms with van der Waals surface area (Å²) in [5.41, 5.74) is -1.34. The van der Waals surface area contributed by atoms with Crippen LogP contribution >= 0.6 is 0 Å². The molecule has 9 nitrogen and oxygen atoms in total. The lowest BCUT2D eigenvalue weighted by Crippen LogP contribution is -2.37. The van der Waals surface area contributed by atoms with Crippen LogP contribution in [-0.4, -0.2) is 50.7 Å². The minimum absolute atomic E-state index is 0.263. The van der Waals surface area contributed by atoms with E-state index in [4.69, 9.17) is 9.47 Å². The summed E-state index contributed by atoms with van der Waals surface area (Å²) in [4.78, 5) is 36.0. The van der Waals surface area contributed by atoms with Gasteiger partial charge in [-0.2, -0.15) is 0 Å². The maximum absolute atomic E-state index is 11.7. The third-order valence-corrected chi connectivity index (χ3v) is 3.33. The molecule has 0 bridgehead atoms. The van der Waals surface area contributed by atoms with Crippen molar-refractivity contribution in [2.24, 2.45) is 0 Å². The molecule has 1 aromatic heterocycles. The molecule has 0 saturated carbocycles. The third kappa shape index (κ3) is 4.07. The highest BCUT2D eigenvalue weighted by Gasteiger charge is 2.42. The lowest BCUT2D eigenvalue weighted by molar-refractivity contribution is -0.137. The SMILES string of the molecule is CCOC(=O)/C=C\C=C\C1OC(n2ccc(=O)[nH]c2=O)C(O)C1O. The van der Waals surface area contributed by atoms with Gasteiger partial charge in [-0.25, -0.2) is 9.59 Å². The highest BCUT2D eigenvalue weighted by molar-refractivity contribution is 5.82. The van der Waals surface area contributed by atoms with Crippen molar-refractivity contribution in [1.29, 1.82) is 0 Å². The predicted molar refractivity (Wildman–Crippen MR) is 82.2 cm³/mol. The van der Waals surface area contributed by atoms with Crippen LogP contribution in [-0.2, 0) is 14.3 Å². The number of carbonyl (C=O) groups is 1. The number of aromatic nitrogens is 2. The molecule has 0 aliphatic carbocycles. The molecule has 1 saturated heterocycles. The fourth-order valence-electron chi connectivity index (χ4n) is 2.20. The van der Waals surface area contributed by atoms with Crippen molar-refractivity contribution >= 4 is 5.97 Å². The van der Waals surface area contributed by atoms with Gasteiger partial charge in [-0.15, -0.1) is 0 Å². The lowest BCUT2D eigenvalue weighted by atomic mass is 10.1. The van der Waals surface area contributed by atoms with E-state index in [0.717, 1.165) is 10.6 Å². The quantitative estimate of drug-likeness (QED) is 0.350. The van der Waals surface area contributed by atoms with Gasteiger partial charge in [-0.05, 0) is 6.92 Å². The lowest BCUT2D eigenvalue weighted by Gasteiger charge is -2.16. The van der Waals surface area contributed by atoms with E-state index in [-0.39, 0.29) is 6.61 Å². The Morgan fingerprint density at radius 3 is 2.79 bits per heavy atom. The van der Waals surface area contributed by atoms with Crippen molar-refractivity contribution in [2.75, 3.05) is 6.61 Å². The first-order valence-electron chi connectivity index (χ1n) is 7.28. The van der Waals surface area contributed by atoms with Crippen LogP contribution in [0.5, 0.6) is 0 Å². The molecule has 0 aromatic carbocycles. The fourth-order valence-corrected chi connectivity index (χ4v) is 2.20. The summed E-state index contributed by atoms with van der Waals surface area (Å²) in [5, 5.41) is 20.0. The molecule has 2 rings (SSSR count). The van der Waals surface area contributed by atoms with Gasteiger partial charge >= 0.3 is 11.7 Å². The smallest absolute Gasteiger partial charge is 0.330 e. The molecular formula is C15H18N2O7. The fraction of sp³-hybridized carbons (Fsp3) is 0.400. The van der Waals surface area contributed by atoms with Crippen LogP contribution in [0.3, 0.4) is 0 Å². The molecule has 0 amide bonds. The largest absolute Gasteiger partial charge is 0.463 e. The molecule has 24 heavy (non-hydrogen) atoms. The molecule has 4 atom stereocenters. The zero-order chi connectivity index (χ0) is 17.7. The maximum Gasteiger partial charge on any atom is 0.330 e. The van der Waals surface area contributed by atoms with Crippen molar-refractivity contribution in [3.8, 4) is 0 Å². The van der Waals surface area contributed by atoms with Crippen LogP contribution in [0.4, 0.5) is 0 Å². The number of aliphatic hydroxyl groups excluding tert-OH is 2. The Kier molecular flexibility index (Phi) is 5.85. The van der Waals surface area contributed by atoms with Crippen molar-refractivity contribution in [1.82, 2.24) is 9.55 Å². The van der Waals surface area contributed by atoms with E-state index >= 15 is 0 Å². The minimum atomic E-state index is -1.36. The van der Waals surface area contributed by atoms with E-state index in [0.29, 0.717) is 0 Å². The second kappa shape index (κ2) is 7.86.